The van der Waals surface area contributed by atoms with Gasteiger partial charge in [-0.1, -0.05) is 18.2 Å². The van der Waals surface area contributed by atoms with E-state index in [1.807, 2.05) is 30.3 Å². The van der Waals surface area contributed by atoms with Gasteiger partial charge >= 0.3 is 0 Å². The fraction of sp³-hybridized carbons (Fsp3) is 0.222. The van der Waals surface area contributed by atoms with Crippen LogP contribution < -0.4 is 9.47 Å². The molecule has 8 nitrogen and oxygen atoms in total. The Morgan fingerprint density at radius 1 is 1.12 bits per heavy atom. The number of ether oxygens (including phenoxy) is 2. The molecule has 0 N–H and O–H groups in total. The molecule has 0 unspecified atom stereocenters. The summed E-state index contributed by atoms with van der Waals surface area (Å²) in [7, 11) is 4.91. The van der Waals surface area contributed by atoms with Crippen LogP contribution in [-0.2, 0) is 6.54 Å². The first-order valence-corrected chi connectivity index (χ1v) is 7.92. The number of nitrogens with zero attached hydrogens (tertiary/aromatic N) is 5. The Balaban J connectivity index is 1.83. The van der Waals surface area contributed by atoms with Crippen molar-refractivity contribution in [1.82, 2.24) is 25.1 Å². The molecule has 1 aromatic heterocycles. The van der Waals surface area contributed by atoms with Crippen molar-refractivity contribution in [2.45, 2.75) is 6.54 Å². The van der Waals surface area contributed by atoms with Gasteiger partial charge in [-0.2, -0.15) is 4.68 Å². The maximum absolute atomic E-state index is 12.9. The third kappa shape index (κ3) is 3.49. The lowest BCUT2D eigenvalue weighted by Gasteiger charge is -2.19. The van der Waals surface area contributed by atoms with Crippen molar-refractivity contribution in [3.8, 4) is 17.2 Å². The van der Waals surface area contributed by atoms with Gasteiger partial charge in [-0.3, -0.25) is 4.79 Å². The minimum absolute atomic E-state index is 0.133. The number of hydrogen-bond donors (Lipinski definition) is 0. The van der Waals surface area contributed by atoms with Crippen molar-refractivity contribution in [2.75, 3.05) is 21.3 Å². The fourth-order valence-corrected chi connectivity index (χ4v) is 2.66. The molecule has 0 bridgehead atoms. The molecule has 0 aliphatic heterocycles. The first-order chi connectivity index (χ1) is 12.6. The summed E-state index contributed by atoms with van der Waals surface area (Å²) in [4.78, 5) is 14.6. The van der Waals surface area contributed by atoms with E-state index in [1.165, 1.54) is 11.0 Å². The van der Waals surface area contributed by atoms with E-state index in [1.54, 1.807) is 38.3 Å². The number of methoxy groups -OCH3 is 2. The van der Waals surface area contributed by atoms with Crippen LogP contribution >= 0.6 is 0 Å². The number of para-hydroxylation sites is 1. The van der Waals surface area contributed by atoms with E-state index in [9.17, 15) is 4.79 Å². The Morgan fingerprint density at radius 2 is 1.88 bits per heavy atom. The quantitative estimate of drug-likeness (QED) is 0.674. The normalized spacial score (nSPS) is 10.4. The van der Waals surface area contributed by atoms with Gasteiger partial charge in [0.25, 0.3) is 5.91 Å². The molecule has 0 radical (unpaired) electrons. The topological polar surface area (TPSA) is 82.4 Å². The van der Waals surface area contributed by atoms with E-state index in [4.69, 9.17) is 9.47 Å². The lowest BCUT2D eigenvalue weighted by molar-refractivity contribution is 0.0785. The van der Waals surface area contributed by atoms with E-state index in [-0.39, 0.29) is 5.91 Å². The molecular formula is C18H19N5O3. The molecular weight excluding hydrogens is 334 g/mol. The summed E-state index contributed by atoms with van der Waals surface area (Å²) in [6, 6.07) is 12.8. The standard InChI is InChI=1S/C18H19N5O3/c1-22(11-13-8-9-16(25-2)17(10-13)26-3)18(24)14-6-4-5-7-15(14)23-12-19-20-21-23/h4-10,12H,11H2,1-3H3. The molecule has 134 valence electrons. The number of hydrogen-bond acceptors (Lipinski definition) is 6. The smallest absolute Gasteiger partial charge is 0.256 e. The summed E-state index contributed by atoms with van der Waals surface area (Å²) < 4.78 is 12.0. The molecule has 0 aliphatic rings. The van der Waals surface area contributed by atoms with Gasteiger partial charge in [0.15, 0.2) is 11.5 Å². The molecule has 1 amide bonds. The monoisotopic (exact) mass is 353 g/mol. The number of carbonyl (C=O) groups excluding carboxylic acids is 1. The molecule has 1 heterocycles. The summed E-state index contributed by atoms with van der Waals surface area (Å²) in [5, 5.41) is 11.1. The predicted molar refractivity (Wildman–Crippen MR) is 94.5 cm³/mol. The summed E-state index contributed by atoms with van der Waals surface area (Å²) in [6.45, 7) is 0.420. The minimum atomic E-state index is -0.133. The SMILES string of the molecule is COc1ccc(CN(C)C(=O)c2ccccc2-n2cnnn2)cc1OC. The van der Waals surface area contributed by atoms with Gasteiger partial charge in [0.1, 0.15) is 6.33 Å². The molecule has 0 aliphatic carbocycles. The van der Waals surface area contributed by atoms with Gasteiger partial charge in [-0.05, 0) is 40.3 Å². The first kappa shape index (κ1) is 17.4. The molecule has 0 fully saturated rings. The van der Waals surface area contributed by atoms with Crippen LogP contribution in [0, 0.1) is 0 Å². The molecule has 3 aromatic rings. The van der Waals surface area contributed by atoms with Crippen molar-refractivity contribution >= 4 is 5.91 Å². The lowest BCUT2D eigenvalue weighted by Crippen LogP contribution is -2.27. The Hall–Kier alpha value is -3.42. The summed E-state index contributed by atoms with van der Waals surface area (Å²) >= 11 is 0. The third-order valence-corrected chi connectivity index (χ3v) is 3.94. The van der Waals surface area contributed by atoms with Crippen molar-refractivity contribution in [2.24, 2.45) is 0 Å². The van der Waals surface area contributed by atoms with Crippen molar-refractivity contribution in [3.05, 3.63) is 59.9 Å². The van der Waals surface area contributed by atoms with Gasteiger partial charge in [0, 0.05) is 13.6 Å². The second-order valence-corrected chi connectivity index (χ2v) is 5.62. The largest absolute Gasteiger partial charge is 0.493 e. The highest BCUT2D eigenvalue weighted by Gasteiger charge is 2.18. The molecule has 0 spiro atoms. The number of amides is 1. The van der Waals surface area contributed by atoms with Crippen LogP contribution in [0.15, 0.2) is 48.8 Å². The number of carbonyl (C=O) groups is 1. The molecule has 26 heavy (non-hydrogen) atoms. The third-order valence-electron chi connectivity index (χ3n) is 3.94. The van der Waals surface area contributed by atoms with Crippen LogP contribution in [0.4, 0.5) is 0 Å². The van der Waals surface area contributed by atoms with Crippen molar-refractivity contribution < 1.29 is 14.3 Å². The van der Waals surface area contributed by atoms with E-state index in [2.05, 4.69) is 15.5 Å². The van der Waals surface area contributed by atoms with E-state index >= 15 is 0 Å². The highest BCUT2D eigenvalue weighted by atomic mass is 16.5. The van der Waals surface area contributed by atoms with Crippen molar-refractivity contribution in [3.63, 3.8) is 0 Å². The number of benzene rings is 2. The first-order valence-electron chi connectivity index (χ1n) is 7.92. The number of tetrazole rings is 1. The summed E-state index contributed by atoms with van der Waals surface area (Å²) in [5.41, 5.74) is 2.07. The summed E-state index contributed by atoms with van der Waals surface area (Å²) in [6.07, 6.45) is 1.46. The predicted octanol–water partition coefficient (Wildman–Crippen LogP) is 1.95. The molecule has 0 saturated heterocycles. The van der Waals surface area contributed by atoms with E-state index in [0.29, 0.717) is 29.3 Å². The zero-order valence-electron chi connectivity index (χ0n) is 14.8. The highest BCUT2D eigenvalue weighted by molar-refractivity contribution is 5.97. The average molecular weight is 353 g/mol. The van der Waals surface area contributed by atoms with E-state index < -0.39 is 0 Å². The Kier molecular flexibility index (Phi) is 5.12. The second kappa shape index (κ2) is 7.64. The van der Waals surface area contributed by atoms with Gasteiger partial charge < -0.3 is 14.4 Å². The second-order valence-electron chi connectivity index (χ2n) is 5.62. The van der Waals surface area contributed by atoms with Crippen LogP contribution in [0.3, 0.4) is 0 Å². The molecule has 0 atom stereocenters. The maximum Gasteiger partial charge on any atom is 0.256 e. The maximum atomic E-state index is 12.9. The highest BCUT2D eigenvalue weighted by Crippen LogP contribution is 2.28. The zero-order valence-corrected chi connectivity index (χ0v) is 14.8. The molecule has 0 saturated carbocycles. The Morgan fingerprint density at radius 3 is 2.58 bits per heavy atom. The van der Waals surface area contributed by atoms with Gasteiger partial charge in [0.2, 0.25) is 0 Å². The van der Waals surface area contributed by atoms with Crippen LogP contribution in [-0.4, -0.2) is 52.3 Å². The minimum Gasteiger partial charge on any atom is -0.493 e. The zero-order chi connectivity index (χ0) is 18.5. The van der Waals surface area contributed by atoms with Crippen LogP contribution in [0.25, 0.3) is 5.69 Å². The summed E-state index contributed by atoms with van der Waals surface area (Å²) in [5.74, 6) is 1.14. The Bertz CT molecular complexity index is 896. The number of aromatic nitrogens is 4. The average Bonchev–Trinajstić information content (AvgIpc) is 3.21. The molecule has 3 rings (SSSR count). The number of rotatable bonds is 6. The van der Waals surface area contributed by atoms with E-state index in [0.717, 1.165) is 5.56 Å². The van der Waals surface area contributed by atoms with Crippen LogP contribution in [0.1, 0.15) is 15.9 Å². The van der Waals surface area contributed by atoms with Gasteiger partial charge in [0.05, 0.1) is 25.5 Å². The van der Waals surface area contributed by atoms with Gasteiger partial charge in [-0.15, -0.1) is 5.10 Å². The fourth-order valence-electron chi connectivity index (χ4n) is 2.66. The molecule has 2 aromatic carbocycles. The van der Waals surface area contributed by atoms with Gasteiger partial charge in [-0.25, -0.2) is 0 Å². The molecule has 8 heteroatoms. The van der Waals surface area contributed by atoms with Crippen LogP contribution in [0.2, 0.25) is 0 Å². The Labute approximate surface area is 151 Å². The lowest BCUT2D eigenvalue weighted by atomic mass is 10.1. The van der Waals surface area contributed by atoms with Crippen molar-refractivity contribution in [1.29, 1.82) is 0 Å². The van der Waals surface area contributed by atoms with Crippen LogP contribution in [0.5, 0.6) is 11.5 Å².